The van der Waals surface area contributed by atoms with Gasteiger partial charge in [-0.3, -0.25) is 4.79 Å². The summed E-state index contributed by atoms with van der Waals surface area (Å²) < 4.78 is 5.45. The van der Waals surface area contributed by atoms with Crippen LogP contribution in [0.5, 0.6) is 0 Å². The second-order valence-corrected chi connectivity index (χ2v) is 6.40. The van der Waals surface area contributed by atoms with Crippen molar-refractivity contribution in [3.63, 3.8) is 0 Å². The molecule has 0 radical (unpaired) electrons. The number of halogens is 1. The Balaban J connectivity index is 1.61. The number of benzene rings is 2. The minimum absolute atomic E-state index is 0.000617. The summed E-state index contributed by atoms with van der Waals surface area (Å²) in [6.45, 7) is 1.80. The Hall–Kier alpha value is -2.33. The summed E-state index contributed by atoms with van der Waals surface area (Å²) in [4.78, 5) is 17.0. The Bertz CT molecular complexity index is 912. The first-order chi connectivity index (χ1) is 11.1. The van der Waals surface area contributed by atoms with Crippen LogP contribution in [-0.4, -0.2) is 10.9 Å². The van der Waals surface area contributed by atoms with Crippen LogP contribution in [0.1, 0.15) is 24.3 Å². The van der Waals surface area contributed by atoms with Crippen LogP contribution >= 0.6 is 11.6 Å². The number of aromatic nitrogens is 1. The molecule has 1 aromatic heterocycles. The number of anilines is 1. The highest BCUT2D eigenvalue weighted by atomic mass is 35.5. The molecule has 0 unspecified atom stereocenters. The number of aryl methyl sites for hydroxylation is 1. The van der Waals surface area contributed by atoms with Crippen molar-refractivity contribution in [3.05, 3.63) is 58.9 Å². The van der Waals surface area contributed by atoms with E-state index in [2.05, 4.69) is 10.3 Å². The average molecular weight is 327 g/mol. The number of fused-ring (bicyclic) bond motifs is 1. The molecule has 4 rings (SSSR count). The van der Waals surface area contributed by atoms with E-state index in [9.17, 15) is 4.79 Å². The predicted molar refractivity (Wildman–Crippen MR) is 89.7 cm³/mol. The standard InChI is InChI=1S/C18H15ClN2O2/c1-11-20-15-10-14(5-6-16(15)23-11)21-17(22)18(7-8-18)12-3-2-4-13(19)9-12/h2-6,9-10H,7-8H2,1H3,(H,21,22). The highest BCUT2D eigenvalue weighted by molar-refractivity contribution is 6.30. The largest absolute Gasteiger partial charge is 0.441 e. The first kappa shape index (κ1) is 14.3. The first-order valence-corrected chi connectivity index (χ1v) is 7.89. The molecule has 1 N–H and O–H groups in total. The minimum atomic E-state index is -0.459. The number of oxazole rings is 1. The van der Waals surface area contributed by atoms with Crippen molar-refractivity contribution >= 4 is 34.3 Å². The molecule has 0 aliphatic heterocycles. The van der Waals surface area contributed by atoms with Gasteiger partial charge in [0, 0.05) is 17.6 Å². The number of rotatable bonds is 3. The number of amides is 1. The third-order valence-electron chi connectivity index (χ3n) is 4.31. The van der Waals surface area contributed by atoms with E-state index in [1.165, 1.54) is 0 Å². The van der Waals surface area contributed by atoms with Gasteiger partial charge in [-0.05, 0) is 48.7 Å². The summed E-state index contributed by atoms with van der Waals surface area (Å²) in [7, 11) is 0. The van der Waals surface area contributed by atoms with E-state index in [0.717, 1.165) is 35.2 Å². The van der Waals surface area contributed by atoms with Gasteiger partial charge in [0.05, 0.1) is 5.41 Å². The fourth-order valence-corrected chi connectivity index (χ4v) is 3.12. The molecular weight excluding hydrogens is 312 g/mol. The zero-order valence-electron chi connectivity index (χ0n) is 12.6. The van der Waals surface area contributed by atoms with Crippen molar-refractivity contribution in [2.24, 2.45) is 0 Å². The summed E-state index contributed by atoms with van der Waals surface area (Å²) in [5, 5.41) is 3.65. The Morgan fingerprint density at radius 1 is 1.26 bits per heavy atom. The van der Waals surface area contributed by atoms with Crippen molar-refractivity contribution < 1.29 is 9.21 Å². The monoisotopic (exact) mass is 326 g/mol. The quantitative estimate of drug-likeness (QED) is 0.773. The van der Waals surface area contributed by atoms with Gasteiger partial charge in [-0.15, -0.1) is 0 Å². The Morgan fingerprint density at radius 3 is 2.83 bits per heavy atom. The molecule has 1 aliphatic rings. The number of hydrogen-bond donors (Lipinski definition) is 1. The van der Waals surface area contributed by atoms with Gasteiger partial charge in [0.2, 0.25) is 5.91 Å². The van der Waals surface area contributed by atoms with Crippen molar-refractivity contribution in [2.45, 2.75) is 25.2 Å². The van der Waals surface area contributed by atoms with Gasteiger partial charge in [-0.25, -0.2) is 4.98 Å². The van der Waals surface area contributed by atoms with Gasteiger partial charge in [0.15, 0.2) is 11.5 Å². The van der Waals surface area contributed by atoms with Crippen LogP contribution in [0.4, 0.5) is 5.69 Å². The van der Waals surface area contributed by atoms with E-state index in [0.29, 0.717) is 10.9 Å². The third-order valence-corrected chi connectivity index (χ3v) is 4.55. The summed E-state index contributed by atoms with van der Waals surface area (Å²) >= 11 is 6.06. The smallest absolute Gasteiger partial charge is 0.235 e. The van der Waals surface area contributed by atoms with Crippen LogP contribution in [0, 0.1) is 6.92 Å². The van der Waals surface area contributed by atoms with Crippen LogP contribution in [0.2, 0.25) is 5.02 Å². The number of nitrogens with one attached hydrogen (secondary N) is 1. The lowest BCUT2D eigenvalue weighted by Crippen LogP contribution is -2.27. The van der Waals surface area contributed by atoms with Crippen molar-refractivity contribution in [1.82, 2.24) is 4.98 Å². The molecule has 5 heteroatoms. The number of hydrogen-bond acceptors (Lipinski definition) is 3. The lowest BCUT2D eigenvalue weighted by atomic mass is 9.95. The zero-order chi connectivity index (χ0) is 16.0. The van der Waals surface area contributed by atoms with E-state index in [1.807, 2.05) is 42.5 Å². The molecule has 116 valence electrons. The zero-order valence-corrected chi connectivity index (χ0v) is 13.4. The maximum Gasteiger partial charge on any atom is 0.235 e. The van der Waals surface area contributed by atoms with Crippen LogP contribution in [0.15, 0.2) is 46.9 Å². The van der Waals surface area contributed by atoms with E-state index in [4.69, 9.17) is 16.0 Å². The maximum atomic E-state index is 12.8. The fourth-order valence-electron chi connectivity index (χ4n) is 2.93. The van der Waals surface area contributed by atoms with Gasteiger partial charge < -0.3 is 9.73 Å². The average Bonchev–Trinajstić information content (AvgIpc) is 3.24. The van der Waals surface area contributed by atoms with E-state index < -0.39 is 5.41 Å². The third kappa shape index (κ3) is 2.49. The molecule has 0 saturated heterocycles. The highest BCUT2D eigenvalue weighted by Crippen LogP contribution is 2.49. The number of carbonyl (C=O) groups is 1. The lowest BCUT2D eigenvalue weighted by molar-refractivity contribution is -0.118. The minimum Gasteiger partial charge on any atom is -0.441 e. The van der Waals surface area contributed by atoms with Crippen molar-refractivity contribution in [1.29, 1.82) is 0 Å². The molecule has 0 atom stereocenters. The second-order valence-electron chi connectivity index (χ2n) is 5.96. The Kier molecular flexibility index (Phi) is 3.16. The van der Waals surface area contributed by atoms with E-state index in [1.54, 1.807) is 6.92 Å². The molecule has 0 bridgehead atoms. The molecule has 0 spiro atoms. The first-order valence-electron chi connectivity index (χ1n) is 7.52. The molecule has 2 aromatic carbocycles. The normalized spacial score (nSPS) is 15.6. The van der Waals surface area contributed by atoms with Gasteiger partial charge >= 0.3 is 0 Å². The molecule has 1 heterocycles. The molecule has 23 heavy (non-hydrogen) atoms. The number of nitrogens with zero attached hydrogens (tertiary/aromatic N) is 1. The predicted octanol–water partition coefficient (Wildman–Crippen LogP) is 4.46. The molecule has 1 amide bonds. The Labute approximate surface area is 138 Å². The Morgan fingerprint density at radius 2 is 2.09 bits per heavy atom. The van der Waals surface area contributed by atoms with Gasteiger partial charge in [0.25, 0.3) is 0 Å². The lowest BCUT2D eigenvalue weighted by Gasteiger charge is -2.16. The fraction of sp³-hybridized carbons (Fsp3) is 0.222. The van der Waals surface area contributed by atoms with Crippen LogP contribution < -0.4 is 5.32 Å². The highest BCUT2D eigenvalue weighted by Gasteiger charge is 2.51. The molecular formula is C18H15ClN2O2. The summed E-state index contributed by atoms with van der Waals surface area (Å²) in [5.74, 6) is 0.611. The molecule has 3 aromatic rings. The van der Waals surface area contributed by atoms with E-state index >= 15 is 0 Å². The maximum absolute atomic E-state index is 12.8. The second kappa shape index (κ2) is 5.10. The molecule has 4 nitrogen and oxygen atoms in total. The van der Waals surface area contributed by atoms with E-state index in [-0.39, 0.29) is 5.91 Å². The molecule has 1 aliphatic carbocycles. The topological polar surface area (TPSA) is 55.1 Å². The SMILES string of the molecule is Cc1nc2cc(NC(=O)C3(c4cccc(Cl)c4)CC3)ccc2o1. The van der Waals surface area contributed by atoms with Gasteiger partial charge in [-0.2, -0.15) is 0 Å². The summed E-state index contributed by atoms with van der Waals surface area (Å²) in [5.41, 5.74) is 2.70. The summed E-state index contributed by atoms with van der Waals surface area (Å²) in [6.07, 6.45) is 1.68. The van der Waals surface area contributed by atoms with Crippen LogP contribution in [0.25, 0.3) is 11.1 Å². The van der Waals surface area contributed by atoms with Gasteiger partial charge in [0.1, 0.15) is 5.52 Å². The molecule has 1 saturated carbocycles. The number of carbonyl (C=O) groups excluding carboxylic acids is 1. The molecule has 1 fully saturated rings. The van der Waals surface area contributed by atoms with Gasteiger partial charge in [-0.1, -0.05) is 23.7 Å². The van der Waals surface area contributed by atoms with Crippen LogP contribution in [-0.2, 0) is 10.2 Å². The van der Waals surface area contributed by atoms with Crippen molar-refractivity contribution in [3.8, 4) is 0 Å². The van der Waals surface area contributed by atoms with Crippen molar-refractivity contribution in [2.75, 3.05) is 5.32 Å². The van der Waals surface area contributed by atoms with Crippen LogP contribution in [0.3, 0.4) is 0 Å². The summed E-state index contributed by atoms with van der Waals surface area (Å²) in [6, 6.07) is 13.0.